The molecular weight excluding hydrogens is 259 g/mol. The van der Waals surface area contributed by atoms with Gasteiger partial charge in [-0.2, -0.15) is 0 Å². The predicted molar refractivity (Wildman–Crippen MR) is 81.5 cm³/mol. The second-order valence-corrected chi connectivity index (χ2v) is 6.24. The van der Waals surface area contributed by atoms with Crippen molar-refractivity contribution in [3.8, 4) is 0 Å². The first-order valence-corrected chi connectivity index (χ1v) is 6.51. The van der Waals surface area contributed by atoms with E-state index in [9.17, 15) is 0 Å². The lowest BCUT2D eigenvalue weighted by atomic mass is 9.83. The summed E-state index contributed by atoms with van der Waals surface area (Å²) >= 11 is 0.342. The van der Waals surface area contributed by atoms with Gasteiger partial charge < -0.3 is 14.2 Å². The zero-order valence-corrected chi connectivity index (χ0v) is 12.0. The van der Waals surface area contributed by atoms with Gasteiger partial charge in [0.2, 0.25) is 0 Å². The van der Waals surface area contributed by atoms with Gasteiger partial charge in [-0.15, -0.1) is 11.3 Å². The average molecular weight is 293 g/mol. The van der Waals surface area contributed by atoms with E-state index >= 15 is 0 Å². The van der Waals surface area contributed by atoms with Crippen molar-refractivity contribution in [2.75, 3.05) is 18.9 Å². The van der Waals surface area contributed by atoms with Crippen LogP contribution in [-0.2, 0) is 15.7 Å². The van der Waals surface area contributed by atoms with Gasteiger partial charge >= 0.3 is 7.12 Å². The maximum atomic E-state index is 8.15. The maximum absolute atomic E-state index is 8.15. The second kappa shape index (κ2) is 4.75. The number of anilines is 1. The number of hydrogen-bond donors (Lipinski definition) is 0. The molecule has 0 aromatic carbocycles. The van der Waals surface area contributed by atoms with Crippen LogP contribution in [0.4, 0.5) is 5.13 Å². The molecule has 1 aromatic heterocycles. The van der Waals surface area contributed by atoms with Crippen molar-refractivity contribution < 1.29 is 24.4 Å². The first-order valence-electron chi connectivity index (χ1n) is 11.2. The van der Waals surface area contributed by atoms with E-state index in [2.05, 4.69) is 4.98 Å². The standard InChI is InChI=1S/C13H23BN2O2S/c1-8-9-10(15-11(19-9)16(6)7)14-17-12(2,3)13(4,5)18-14/h8H2,1-7H3/i1D3,6D3,7D3,8D2. The number of hydrogen-bond acceptors (Lipinski definition) is 5. The molecule has 0 radical (unpaired) electrons. The van der Waals surface area contributed by atoms with Gasteiger partial charge in [-0.1, -0.05) is 6.85 Å². The molecule has 4 nitrogen and oxygen atoms in total. The molecule has 0 spiro atoms. The molecule has 0 N–H and O–H groups in total. The van der Waals surface area contributed by atoms with Crippen molar-refractivity contribution in [2.24, 2.45) is 0 Å². The SMILES string of the molecule is [2H]C([2H])([2H])N(c1nc(B2OC(C)(C)C(C)(C)O2)c(C([2H])([2H])C([2H])([2H])[2H])s1)C([2H])([2H])[2H]. The molecule has 6 heteroatoms. The van der Waals surface area contributed by atoms with E-state index in [1.54, 1.807) is 27.7 Å². The van der Waals surface area contributed by atoms with Crippen LogP contribution in [0.15, 0.2) is 0 Å². The maximum Gasteiger partial charge on any atom is 0.515 e. The van der Waals surface area contributed by atoms with Crippen LogP contribution in [0.25, 0.3) is 0 Å². The lowest BCUT2D eigenvalue weighted by molar-refractivity contribution is 0.00578. The van der Waals surface area contributed by atoms with Crippen molar-refractivity contribution in [2.45, 2.75) is 52.1 Å². The van der Waals surface area contributed by atoms with E-state index < -0.39 is 55.5 Å². The highest BCUT2D eigenvalue weighted by molar-refractivity contribution is 7.16. The summed E-state index contributed by atoms with van der Waals surface area (Å²) in [7, 11) is -1.32. The Morgan fingerprint density at radius 2 is 1.95 bits per heavy atom. The van der Waals surface area contributed by atoms with Gasteiger partial charge in [0, 0.05) is 33.9 Å². The average Bonchev–Trinajstić information content (AvgIpc) is 2.94. The largest absolute Gasteiger partial charge is 0.515 e. The highest BCUT2D eigenvalue weighted by atomic mass is 32.1. The summed E-state index contributed by atoms with van der Waals surface area (Å²) in [6.45, 7) is -2.55. The molecule has 0 aliphatic carbocycles. The van der Waals surface area contributed by atoms with E-state index in [1.165, 1.54) is 0 Å². The second-order valence-electron chi connectivity index (χ2n) is 5.26. The van der Waals surface area contributed by atoms with Crippen molar-refractivity contribution >= 4 is 29.2 Å². The summed E-state index contributed by atoms with van der Waals surface area (Å²) < 4.78 is 96.2. The third kappa shape index (κ3) is 2.53. The monoisotopic (exact) mass is 293 g/mol. The molecule has 1 aromatic rings. The highest BCUT2D eigenvalue weighted by Crippen LogP contribution is 2.37. The van der Waals surface area contributed by atoms with Crippen LogP contribution in [0.5, 0.6) is 0 Å². The minimum Gasteiger partial charge on any atom is -0.398 e. The topological polar surface area (TPSA) is 34.6 Å². The highest BCUT2D eigenvalue weighted by Gasteiger charge is 2.53. The van der Waals surface area contributed by atoms with Gasteiger partial charge in [0.25, 0.3) is 0 Å². The molecule has 0 unspecified atom stereocenters. The summed E-state index contributed by atoms with van der Waals surface area (Å²) in [5, 5.41) is -0.581. The molecule has 0 atom stereocenters. The number of rotatable bonds is 3. The Hall–Kier alpha value is -0.585. The molecule has 1 aliphatic rings. The van der Waals surface area contributed by atoms with Gasteiger partial charge in [0.15, 0.2) is 5.13 Å². The van der Waals surface area contributed by atoms with Crippen molar-refractivity contribution in [3.63, 3.8) is 0 Å². The van der Waals surface area contributed by atoms with Crippen LogP contribution in [0, 0.1) is 0 Å². The third-order valence-corrected chi connectivity index (χ3v) is 4.40. The van der Waals surface area contributed by atoms with E-state index in [1.807, 2.05) is 0 Å². The predicted octanol–water partition coefficient (Wildman–Crippen LogP) is 2.07. The number of thiazole rings is 1. The van der Waals surface area contributed by atoms with Crippen molar-refractivity contribution in [1.29, 1.82) is 0 Å². The van der Waals surface area contributed by atoms with Crippen LogP contribution in [0.3, 0.4) is 0 Å². The first kappa shape index (κ1) is 6.04. The Balaban J connectivity index is 2.73. The van der Waals surface area contributed by atoms with Gasteiger partial charge in [0.05, 0.1) is 16.8 Å². The summed E-state index contributed by atoms with van der Waals surface area (Å²) in [4.78, 5) is 3.63. The van der Waals surface area contributed by atoms with Gasteiger partial charge in [-0.05, 0) is 34.1 Å². The molecule has 106 valence electrons. The fraction of sp³-hybridized carbons (Fsp3) is 0.769. The summed E-state index contributed by atoms with van der Waals surface area (Å²) in [6, 6.07) is 0. The molecule has 19 heavy (non-hydrogen) atoms. The lowest BCUT2D eigenvalue weighted by Gasteiger charge is -2.32. The van der Waals surface area contributed by atoms with Gasteiger partial charge in [-0.3, -0.25) is 0 Å². The minimum atomic E-state index is -3.14. The zero-order chi connectivity index (χ0) is 23.7. The molecule has 0 amide bonds. The van der Waals surface area contributed by atoms with Crippen LogP contribution in [0.2, 0.25) is 0 Å². The molecule has 2 heterocycles. The third-order valence-electron chi connectivity index (χ3n) is 3.42. The smallest absolute Gasteiger partial charge is 0.398 e. The van der Waals surface area contributed by atoms with E-state index in [-0.39, 0.29) is 10.5 Å². The Morgan fingerprint density at radius 1 is 1.32 bits per heavy atom. The van der Waals surface area contributed by atoms with Crippen LogP contribution < -0.4 is 10.5 Å². The van der Waals surface area contributed by atoms with Crippen molar-refractivity contribution in [3.05, 3.63) is 4.88 Å². The molecule has 2 rings (SSSR count). The summed E-state index contributed by atoms with van der Waals surface area (Å²) in [6.07, 6.45) is -2.96. The molecule has 0 saturated carbocycles. The quantitative estimate of drug-likeness (QED) is 0.799. The number of nitrogens with zero attached hydrogens (tertiary/aromatic N) is 2. The Bertz CT molecular complexity index is 770. The van der Waals surface area contributed by atoms with E-state index in [0.29, 0.717) is 11.3 Å². The molecule has 1 aliphatic heterocycles. The molecular formula is C13H23BN2O2S. The van der Waals surface area contributed by atoms with Crippen LogP contribution in [-0.4, -0.2) is 37.3 Å². The lowest BCUT2D eigenvalue weighted by Crippen LogP contribution is -2.41. The van der Waals surface area contributed by atoms with E-state index in [4.69, 9.17) is 24.4 Å². The molecule has 1 fully saturated rings. The Morgan fingerprint density at radius 3 is 2.47 bits per heavy atom. The van der Waals surface area contributed by atoms with Gasteiger partial charge in [-0.25, -0.2) is 4.98 Å². The molecule has 0 bridgehead atoms. The van der Waals surface area contributed by atoms with Gasteiger partial charge in [0.1, 0.15) is 0 Å². The first-order chi connectivity index (χ1) is 13.0. The van der Waals surface area contributed by atoms with Crippen LogP contribution in [0.1, 0.15) is 54.5 Å². The number of aryl methyl sites for hydroxylation is 1. The van der Waals surface area contributed by atoms with E-state index in [0.717, 1.165) is 0 Å². The Labute approximate surface area is 135 Å². The van der Waals surface area contributed by atoms with Crippen molar-refractivity contribution in [1.82, 2.24) is 4.98 Å². The normalized spacial score (nSPS) is 32.2. The fourth-order valence-corrected chi connectivity index (χ4v) is 2.34. The zero-order valence-electron chi connectivity index (χ0n) is 22.2. The van der Waals surface area contributed by atoms with Crippen LogP contribution >= 0.6 is 11.3 Å². The fourth-order valence-electron chi connectivity index (χ4n) is 1.62. The number of aromatic nitrogens is 1. The summed E-state index contributed by atoms with van der Waals surface area (Å²) in [5.41, 5.74) is -2.05. The summed E-state index contributed by atoms with van der Waals surface area (Å²) in [5.74, 6) is 0. The molecule has 1 saturated heterocycles. The Kier molecular flexibility index (Phi) is 1.51. The minimum absolute atomic E-state index is 0.0818.